The fourth-order valence-electron chi connectivity index (χ4n) is 1.62. The molecule has 2 heterocycles. The van der Waals surface area contributed by atoms with Crippen molar-refractivity contribution in [1.82, 2.24) is 15.6 Å². The van der Waals surface area contributed by atoms with E-state index in [0.29, 0.717) is 19.5 Å². The lowest BCUT2D eigenvalue weighted by Crippen LogP contribution is -2.27. The lowest BCUT2D eigenvalue weighted by Gasteiger charge is -2.05. The first-order valence-electron chi connectivity index (χ1n) is 6.23. The number of aromatic nitrogens is 1. The molecule has 5 heteroatoms. The summed E-state index contributed by atoms with van der Waals surface area (Å²) in [5, 5.41) is 6.01. The summed E-state index contributed by atoms with van der Waals surface area (Å²) in [6, 6.07) is 7.54. The topological polar surface area (TPSA) is 67.2 Å². The molecule has 0 aliphatic rings. The summed E-state index contributed by atoms with van der Waals surface area (Å²) < 4.78 is 5.13. The molecule has 0 bridgehead atoms. The molecule has 5 nitrogen and oxygen atoms in total. The molecule has 0 aliphatic heterocycles. The molecule has 0 atom stereocenters. The molecule has 0 saturated carbocycles. The van der Waals surface area contributed by atoms with Crippen LogP contribution in [0.1, 0.15) is 17.7 Å². The Labute approximate surface area is 112 Å². The van der Waals surface area contributed by atoms with Crippen molar-refractivity contribution in [2.24, 2.45) is 0 Å². The maximum absolute atomic E-state index is 11.5. The SMILES string of the molecule is O=C(CCNCc1ccncc1)NCc1ccco1. The van der Waals surface area contributed by atoms with Gasteiger partial charge in [0, 0.05) is 31.9 Å². The number of hydrogen-bond donors (Lipinski definition) is 2. The van der Waals surface area contributed by atoms with Crippen LogP contribution in [0.15, 0.2) is 47.3 Å². The smallest absolute Gasteiger partial charge is 0.221 e. The van der Waals surface area contributed by atoms with Crippen LogP contribution in [0.2, 0.25) is 0 Å². The molecule has 2 N–H and O–H groups in total. The summed E-state index contributed by atoms with van der Waals surface area (Å²) in [7, 11) is 0. The van der Waals surface area contributed by atoms with Gasteiger partial charge in [0.25, 0.3) is 0 Å². The van der Waals surface area contributed by atoms with E-state index in [4.69, 9.17) is 4.42 Å². The van der Waals surface area contributed by atoms with Gasteiger partial charge in [-0.25, -0.2) is 0 Å². The van der Waals surface area contributed by atoms with E-state index in [1.165, 1.54) is 0 Å². The van der Waals surface area contributed by atoms with E-state index in [2.05, 4.69) is 15.6 Å². The number of pyridine rings is 1. The molecule has 2 rings (SSSR count). The number of hydrogen-bond acceptors (Lipinski definition) is 4. The van der Waals surface area contributed by atoms with Crippen molar-refractivity contribution in [3.8, 4) is 0 Å². The Morgan fingerprint density at radius 2 is 2.05 bits per heavy atom. The maximum atomic E-state index is 11.5. The van der Waals surface area contributed by atoms with E-state index in [1.54, 1.807) is 24.7 Å². The summed E-state index contributed by atoms with van der Waals surface area (Å²) in [4.78, 5) is 15.5. The van der Waals surface area contributed by atoms with Crippen LogP contribution in [-0.4, -0.2) is 17.4 Å². The average molecular weight is 259 g/mol. The largest absolute Gasteiger partial charge is 0.467 e. The number of nitrogens with zero attached hydrogens (tertiary/aromatic N) is 1. The number of nitrogens with one attached hydrogen (secondary N) is 2. The van der Waals surface area contributed by atoms with Crippen LogP contribution in [0.5, 0.6) is 0 Å². The van der Waals surface area contributed by atoms with E-state index in [0.717, 1.165) is 17.9 Å². The first-order valence-corrected chi connectivity index (χ1v) is 6.23. The zero-order chi connectivity index (χ0) is 13.3. The van der Waals surface area contributed by atoms with Crippen LogP contribution in [0.4, 0.5) is 0 Å². The highest BCUT2D eigenvalue weighted by Crippen LogP contribution is 1.98. The van der Waals surface area contributed by atoms with Crippen LogP contribution in [0, 0.1) is 0 Å². The number of rotatable bonds is 7. The first kappa shape index (κ1) is 13.3. The van der Waals surface area contributed by atoms with E-state index in [9.17, 15) is 4.79 Å². The minimum absolute atomic E-state index is 0.0126. The second-order valence-electron chi connectivity index (χ2n) is 4.14. The Bertz CT molecular complexity index is 483. The van der Waals surface area contributed by atoms with Crippen LogP contribution < -0.4 is 10.6 Å². The summed E-state index contributed by atoms with van der Waals surface area (Å²) >= 11 is 0. The third kappa shape index (κ3) is 4.93. The lowest BCUT2D eigenvalue weighted by molar-refractivity contribution is -0.121. The fraction of sp³-hybridized carbons (Fsp3) is 0.286. The van der Waals surface area contributed by atoms with Gasteiger partial charge in [-0.15, -0.1) is 0 Å². The second-order valence-corrected chi connectivity index (χ2v) is 4.14. The highest BCUT2D eigenvalue weighted by molar-refractivity contribution is 5.75. The van der Waals surface area contributed by atoms with Crippen LogP contribution >= 0.6 is 0 Å². The molecule has 0 saturated heterocycles. The lowest BCUT2D eigenvalue weighted by atomic mass is 10.2. The monoisotopic (exact) mass is 259 g/mol. The standard InChI is InChI=1S/C14H17N3O2/c18-14(17-11-13-2-1-9-19-13)5-8-16-10-12-3-6-15-7-4-12/h1-4,6-7,9,16H,5,8,10-11H2,(H,17,18). The van der Waals surface area contributed by atoms with E-state index >= 15 is 0 Å². The quantitative estimate of drug-likeness (QED) is 0.739. The molecular weight excluding hydrogens is 242 g/mol. The first-order chi connectivity index (χ1) is 9.34. The molecule has 0 aliphatic carbocycles. The van der Waals surface area contributed by atoms with Gasteiger partial charge in [-0.3, -0.25) is 9.78 Å². The van der Waals surface area contributed by atoms with Gasteiger partial charge in [-0.05, 0) is 29.8 Å². The molecule has 1 amide bonds. The molecule has 2 aromatic rings. The summed E-state index contributed by atoms with van der Waals surface area (Å²) in [5.74, 6) is 0.775. The van der Waals surface area contributed by atoms with Crippen LogP contribution in [0.25, 0.3) is 0 Å². The van der Waals surface area contributed by atoms with Crippen molar-refractivity contribution >= 4 is 5.91 Å². The Morgan fingerprint density at radius 3 is 2.79 bits per heavy atom. The maximum Gasteiger partial charge on any atom is 0.221 e. The van der Waals surface area contributed by atoms with Crippen molar-refractivity contribution in [2.75, 3.05) is 6.54 Å². The van der Waals surface area contributed by atoms with Gasteiger partial charge >= 0.3 is 0 Å². The third-order valence-corrected chi connectivity index (χ3v) is 2.65. The molecule has 0 radical (unpaired) electrons. The van der Waals surface area contributed by atoms with Gasteiger partial charge in [0.1, 0.15) is 5.76 Å². The zero-order valence-electron chi connectivity index (χ0n) is 10.6. The Kier molecular flexibility index (Phi) is 5.13. The number of amides is 1. The van der Waals surface area contributed by atoms with Crippen molar-refractivity contribution in [1.29, 1.82) is 0 Å². The van der Waals surface area contributed by atoms with Gasteiger partial charge in [0.2, 0.25) is 5.91 Å². The van der Waals surface area contributed by atoms with Crippen molar-refractivity contribution in [3.05, 3.63) is 54.2 Å². The molecule has 2 aromatic heterocycles. The van der Waals surface area contributed by atoms with Gasteiger partial charge in [-0.2, -0.15) is 0 Å². The number of furan rings is 1. The molecule has 0 unspecified atom stereocenters. The Balaban J connectivity index is 1.57. The van der Waals surface area contributed by atoms with Gasteiger partial charge in [0.15, 0.2) is 0 Å². The van der Waals surface area contributed by atoms with Crippen molar-refractivity contribution < 1.29 is 9.21 Å². The second kappa shape index (κ2) is 7.33. The van der Waals surface area contributed by atoms with E-state index in [1.807, 2.05) is 18.2 Å². The van der Waals surface area contributed by atoms with Crippen LogP contribution in [0.3, 0.4) is 0 Å². The third-order valence-electron chi connectivity index (χ3n) is 2.65. The highest BCUT2D eigenvalue weighted by Gasteiger charge is 2.02. The van der Waals surface area contributed by atoms with Gasteiger partial charge in [-0.1, -0.05) is 0 Å². The molecule has 0 aromatic carbocycles. The van der Waals surface area contributed by atoms with E-state index < -0.39 is 0 Å². The highest BCUT2D eigenvalue weighted by atomic mass is 16.3. The van der Waals surface area contributed by atoms with Crippen LogP contribution in [-0.2, 0) is 17.9 Å². The molecule has 100 valence electrons. The minimum Gasteiger partial charge on any atom is -0.467 e. The number of carbonyl (C=O) groups is 1. The predicted octanol–water partition coefficient (Wildman–Crippen LogP) is 1.47. The Morgan fingerprint density at radius 1 is 1.21 bits per heavy atom. The minimum atomic E-state index is 0.0126. The summed E-state index contributed by atoms with van der Waals surface area (Å²) in [6.45, 7) is 1.83. The normalized spacial score (nSPS) is 10.3. The predicted molar refractivity (Wildman–Crippen MR) is 71.1 cm³/mol. The molecule has 19 heavy (non-hydrogen) atoms. The Hall–Kier alpha value is -2.14. The average Bonchev–Trinajstić information content (AvgIpc) is 2.96. The summed E-state index contributed by atoms with van der Waals surface area (Å²) in [6.07, 6.45) is 5.56. The molecule has 0 fully saturated rings. The van der Waals surface area contributed by atoms with Gasteiger partial charge < -0.3 is 15.1 Å². The fourth-order valence-corrected chi connectivity index (χ4v) is 1.62. The summed E-state index contributed by atoms with van der Waals surface area (Å²) in [5.41, 5.74) is 1.16. The van der Waals surface area contributed by atoms with Crippen molar-refractivity contribution in [2.45, 2.75) is 19.5 Å². The van der Waals surface area contributed by atoms with E-state index in [-0.39, 0.29) is 5.91 Å². The van der Waals surface area contributed by atoms with Crippen molar-refractivity contribution in [3.63, 3.8) is 0 Å². The zero-order valence-corrected chi connectivity index (χ0v) is 10.6. The molecular formula is C14H17N3O2. The molecule has 0 spiro atoms. The van der Waals surface area contributed by atoms with Gasteiger partial charge in [0.05, 0.1) is 12.8 Å². The number of carbonyl (C=O) groups excluding carboxylic acids is 1.